The molecule has 9 heteroatoms. The van der Waals surface area contributed by atoms with Crippen LogP contribution in [0.5, 0.6) is 0 Å². The average molecular weight is 484 g/mol. The minimum Gasteiger partial charge on any atom is -0.355 e. The molecule has 0 radical (unpaired) electrons. The number of carbonyl (C=O) groups is 2. The molecule has 2 N–H and O–H groups in total. The second-order valence-electron chi connectivity index (χ2n) is 7.02. The van der Waals surface area contributed by atoms with Crippen LogP contribution in [0.2, 0.25) is 0 Å². The Hall–Kier alpha value is -1.91. The zero-order valence-corrected chi connectivity index (χ0v) is 17.6. The molecule has 1 saturated heterocycles. The van der Waals surface area contributed by atoms with Crippen molar-refractivity contribution in [2.75, 3.05) is 26.7 Å². The van der Waals surface area contributed by atoms with E-state index in [0.29, 0.717) is 25.6 Å². The number of allylic oxidation sites excluding steroid dienone is 2. The fraction of sp³-hybridized carbons (Fsp3) is 0.556. The summed E-state index contributed by atoms with van der Waals surface area (Å²) in [6.07, 6.45) is 8.84. The Morgan fingerprint density at radius 2 is 1.78 bits per heavy atom. The lowest BCUT2D eigenvalue weighted by molar-refractivity contribution is -0.140. The molecule has 2 fully saturated rings. The largest absolute Gasteiger partial charge is 0.355 e. The topological polar surface area (TPSA) is 91.6 Å². The van der Waals surface area contributed by atoms with Crippen molar-refractivity contribution in [1.82, 2.24) is 25.3 Å². The van der Waals surface area contributed by atoms with Gasteiger partial charge in [-0.05, 0) is 24.3 Å². The number of halogens is 1. The van der Waals surface area contributed by atoms with E-state index in [-0.39, 0.29) is 59.5 Å². The third-order valence-corrected chi connectivity index (χ3v) is 5.61. The van der Waals surface area contributed by atoms with E-state index in [1.807, 2.05) is 16.9 Å². The van der Waals surface area contributed by atoms with Crippen molar-refractivity contribution in [3.05, 3.63) is 30.6 Å². The van der Waals surface area contributed by atoms with E-state index >= 15 is 0 Å². The molecular weight excluding hydrogens is 459 g/mol. The number of hydrogen-bond donors (Lipinski definition) is 2. The van der Waals surface area contributed by atoms with Crippen LogP contribution in [0, 0.1) is 23.7 Å². The summed E-state index contributed by atoms with van der Waals surface area (Å²) in [7, 11) is 1.70. The highest BCUT2D eigenvalue weighted by molar-refractivity contribution is 14.0. The lowest BCUT2D eigenvalue weighted by Crippen LogP contribution is -2.44. The number of guanidine groups is 1. The van der Waals surface area contributed by atoms with E-state index in [1.165, 1.54) is 4.90 Å². The number of imide groups is 1. The van der Waals surface area contributed by atoms with Gasteiger partial charge >= 0.3 is 0 Å². The fourth-order valence-corrected chi connectivity index (χ4v) is 4.41. The number of likely N-dealkylation sites (tertiary alicyclic amines) is 1. The zero-order valence-electron chi connectivity index (χ0n) is 15.2. The Morgan fingerprint density at radius 1 is 1.15 bits per heavy atom. The number of aliphatic imine (C=N–C) groups is 1. The van der Waals surface area contributed by atoms with Crippen LogP contribution in [0.4, 0.5) is 0 Å². The number of carbonyl (C=O) groups excluding carboxylic acids is 2. The van der Waals surface area contributed by atoms with Crippen LogP contribution < -0.4 is 10.6 Å². The Balaban J connectivity index is 0.00000210. The van der Waals surface area contributed by atoms with Crippen LogP contribution in [0.25, 0.3) is 0 Å². The second kappa shape index (κ2) is 8.41. The Bertz CT molecular complexity index is 717. The summed E-state index contributed by atoms with van der Waals surface area (Å²) in [5.41, 5.74) is 0. The van der Waals surface area contributed by atoms with Gasteiger partial charge in [-0.2, -0.15) is 5.10 Å². The summed E-state index contributed by atoms with van der Waals surface area (Å²) in [5.74, 6) is 0.930. The highest BCUT2D eigenvalue weighted by Crippen LogP contribution is 2.52. The standard InChI is InChI=1S/C18H24N6O2.HI/c1-19-18(20-6-9-23-8-2-5-22-23)21-7-10-24-16(25)14-12-3-4-13(11-12)15(14)17(24)26;/h2-5,8,12-15H,6-7,9-11H2,1H3,(H2,19,20,21);1H. The number of fused-ring (bicyclic) bond motifs is 5. The molecule has 2 aliphatic carbocycles. The van der Waals surface area contributed by atoms with E-state index < -0.39 is 0 Å². The molecule has 2 bridgehead atoms. The lowest BCUT2D eigenvalue weighted by atomic mass is 9.85. The second-order valence-corrected chi connectivity index (χ2v) is 7.02. The molecule has 4 rings (SSSR count). The van der Waals surface area contributed by atoms with Gasteiger partial charge in [-0.3, -0.25) is 24.2 Å². The van der Waals surface area contributed by atoms with E-state index in [1.54, 1.807) is 13.2 Å². The minimum absolute atomic E-state index is 0. The first-order valence-electron chi connectivity index (χ1n) is 9.14. The summed E-state index contributed by atoms with van der Waals surface area (Å²) in [6.45, 7) is 2.28. The molecule has 2 heterocycles. The number of rotatable bonds is 6. The third kappa shape index (κ3) is 3.74. The number of nitrogens with zero attached hydrogens (tertiary/aromatic N) is 4. The van der Waals surface area contributed by atoms with Gasteiger partial charge in [0.25, 0.3) is 0 Å². The zero-order chi connectivity index (χ0) is 18.1. The van der Waals surface area contributed by atoms with Gasteiger partial charge in [-0.15, -0.1) is 24.0 Å². The van der Waals surface area contributed by atoms with Crippen LogP contribution in [0.3, 0.4) is 0 Å². The third-order valence-electron chi connectivity index (χ3n) is 5.61. The Morgan fingerprint density at radius 3 is 2.33 bits per heavy atom. The molecule has 1 aromatic rings. The van der Waals surface area contributed by atoms with Gasteiger partial charge in [-0.1, -0.05) is 12.2 Å². The summed E-state index contributed by atoms with van der Waals surface area (Å²) in [4.78, 5) is 30.9. The van der Waals surface area contributed by atoms with E-state index in [9.17, 15) is 9.59 Å². The number of hydrogen-bond acceptors (Lipinski definition) is 4. The molecule has 0 spiro atoms. The van der Waals surface area contributed by atoms with Crippen LogP contribution in [-0.2, 0) is 16.1 Å². The average Bonchev–Trinajstić information content (AvgIpc) is 3.41. The van der Waals surface area contributed by atoms with Crippen LogP contribution >= 0.6 is 24.0 Å². The Kier molecular flexibility index (Phi) is 6.18. The molecule has 3 aliphatic rings. The van der Waals surface area contributed by atoms with Crippen molar-refractivity contribution in [3.8, 4) is 0 Å². The molecule has 1 aromatic heterocycles. The molecule has 4 atom stereocenters. The molecule has 1 saturated carbocycles. The van der Waals surface area contributed by atoms with E-state index in [2.05, 4.69) is 32.9 Å². The van der Waals surface area contributed by atoms with Gasteiger partial charge in [0.1, 0.15) is 0 Å². The summed E-state index contributed by atoms with van der Waals surface area (Å²) < 4.78 is 1.84. The smallest absolute Gasteiger partial charge is 0.233 e. The lowest BCUT2D eigenvalue weighted by Gasteiger charge is -2.18. The van der Waals surface area contributed by atoms with Crippen molar-refractivity contribution in [1.29, 1.82) is 0 Å². The maximum absolute atomic E-state index is 12.6. The number of amides is 2. The summed E-state index contributed by atoms with van der Waals surface area (Å²) in [6, 6.07) is 1.88. The highest BCUT2D eigenvalue weighted by Gasteiger charge is 2.58. The van der Waals surface area contributed by atoms with Crippen molar-refractivity contribution in [2.45, 2.75) is 13.0 Å². The predicted molar refractivity (Wildman–Crippen MR) is 111 cm³/mol. The van der Waals surface area contributed by atoms with Gasteiger partial charge in [0, 0.05) is 39.1 Å². The molecule has 0 aromatic carbocycles. The van der Waals surface area contributed by atoms with Crippen molar-refractivity contribution < 1.29 is 9.59 Å². The SMILES string of the molecule is CN=C(NCCN1C(=O)C2C3C=CC(C3)C2C1=O)NCCn1cccn1.I. The summed E-state index contributed by atoms with van der Waals surface area (Å²) in [5, 5.41) is 10.5. The molecule has 8 nitrogen and oxygen atoms in total. The van der Waals surface area contributed by atoms with Crippen LogP contribution in [0.1, 0.15) is 6.42 Å². The molecule has 4 unspecified atom stereocenters. The van der Waals surface area contributed by atoms with Gasteiger partial charge in [0.15, 0.2) is 5.96 Å². The Labute approximate surface area is 175 Å². The molecular formula is C18H25IN6O2. The molecule has 27 heavy (non-hydrogen) atoms. The first kappa shape index (κ1) is 19.8. The maximum Gasteiger partial charge on any atom is 0.233 e. The maximum atomic E-state index is 12.6. The molecule has 1 aliphatic heterocycles. The van der Waals surface area contributed by atoms with Crippen LogP contribution in [0.15, 0.2) is 35.6 Å². The fourth-order valence-electron chi connectivity index (χ4n) is 4.41. The van der Waals surface area contributed by atoms with Gasteiger partial charge in [-0.25, -0.2) is 0 Å². The van der Waals surface area contributed by atoms with Crippen molar-refractivity contribution in [2.24, 2.45) is 28.7 Å². The van der Waals surface area contributed by atoms with E-state index in [0.717, 1.165) is 13.0 Å². The van der Waals surface area contributed by atoms with Crippen molar-refractivity contribution in [3.63, 3.8) is 0 Å². The first-order chi connectivity index (χ1) is 12.7. The number of aromatic nitrogens is 2. The van der Waals surface area contributed by atoms with Gasteiger partial charge < -0.3 is 10.6 Å². The first-order valence-corrected chi connectivity index (χ1v) is 9.14. The monoisotopic (exact) mass is 484 g/mol. The van der Waals surface area contributed by atoms with Gasteiger partial charge in [0.05, 0.1) is 18.4 Å². The molecule has 2 amide bonds. The summed E-state index contributed by atoms with van der Waals surface area (Å²) >= 11 is 0. The van der Waals surface area contributed by atoms with Crippen LogP contribution in [-0.4, -0.2) is 59.1 Å². The van der Waals surface area contributed by atoms with Gasteiger partial charge in [0.2, 0.25) is 11.8 Å². The molecule has 146 valence electrons. The minimum atomic E-state index is -0.121. The van der Waals surface area contributed by atoms with E-state index in [4.69, 9.17) is 0 Å². The number of nitrogens with one attached hydrogen (secondary N) is 2. The normalized spacial score (nSPS) is 28.5. The quantitative estimate of drug-likeness (QED) is 0.202. The predicted octanol–water partition coefficient (Wildman–Crippen LogP) is 0.473. The van der Waals surface area contributed by atoms with Crippen molar-refractivity contribution >= 4 is 41.8 Å². The highest BCUT2D eigenvalue weighted by atomic mass is 127.